The predicted molar refractivity (Wildman–Crippen MR) is 87.6 cm³/mol. The molecule has 0 aliphatic heterocycles. The lowest BCUT2D eigenvalue weighted by Gasteiger charge is -2.32. The number of alkyl halides is 3. The van der Waals surface area contributed by atoms with Crippen molar-refractivity contribution in [1.82, 2.24) is 0 Å². The maximum absolute atomic E-state index is 12.9. The number of rotatable bonds is 6. The number of aryl methyl sites for hydroxylation is 1. The first kappa shape index (κ1) is 20.5. The van der Waals surface area contributed by atoms with E-state index in [2.05, 4.69) is 0 Å². The van der Waals surface area contributed by atoms with E-state index >= 15 is 0 Å². The van der Waals surface area contributed by atoms with Gasteiger partial charge >= 0.3 is 12.1 Å². The summed E-state index contributed by atoms with van der Waals surface area (Å²) in [5, 5.41) is 0. The number of esters is 1. The van der Waals surface area contributed by atoms with Crippen LogP contribution >= 0.6 is 0 Å². The number of halogens is 3. The van der Waals surface area contributed by atoms with Gasteiger partial charge in [0.05, 0.1) is 6.42 Å². The molecule has 0 radical (unpaired) electrons. The third kappa shape index (κ3) is 6.91. The Morgan fingerprint density at radius 3 is 2.00 bits per heavy atom. The molecule has 1 aromatic rings. The Labute approximate surface area is 141 Å². The molecule has 0 bridgehead atoms. The Morgan fingerprint density at radius 1 is 1.08 bits per heavy atom. The number of carbonyl (C=O) groups excluding carboxylic acids is 1. The molecule has 1 aromatic carbocycles. The molecule has 0 saturated carbocycles. The van der Waals surface area contributed by atoms with Gasteiger partial charge in [-0.2, -0.15) is 13.2 Å². The van der Waals surface area contributed by atoms with Crippen LogP contribution in [0, 0.1) is 0 Å². The van der Waals surface area contributed by atoms with E-state index in [9.17, 15) is 18.0 Å². The molecule has 1 atom stereocenters. The van der Waals surface area contributed by atoms with Crippen molar-refractivity contribution in [2.75, 3.05) is 0 Å². The molecular formula is C18H26F3NO2. The molecule has 0 fully saturated rings. The van der Waals surface area contributed by atoms with Gasteiger partial charge in [-0.3, -0.25) is 4.79 Å². The second-order valence-electron chi connectivity index (χ2n) is 7.19. The van der Waals surface area contributed by atoms with E-state index in [-0.39, 0.29) is 6.42 Å². The summed E-state index contributed by atoms with van der Waals surface area (Å²) in [6, 6.07) is 7.13. The largest absolute Gasteiger partial charge is 0.459 e. The Kier molecular flexibility index (Phi) is 6.45. The summed E-state index contributed by atoms with van der Waals surface area (Å²) in [5.41, 5.74) is 4.49. The van der Waals surface area contributed by atoms with Gasteiger partial charge in [0.1, 0.15) is 11.1 Å². The Hall–Kier alpha value is -1.56. The van der Waals surface area contributed by atoms with Crippen molar-refractivity contribution in [2.24, 2.45) is 5.73 Å². The first-order valence-corrected chi connectivity index (χ1v) is 8.01. The summed E-state index contributed by atoms with van der Waals surface area (Å²) in [7, 11) is 0. The highest BCUT2D eigenvalue weighted by molar-refractivity contribution is 5.81. The molecule has 3 nitrogen and oxygen atoms in total. The minimum absolute atomic E-state index is 0.228. The van der Waals surface area contributed by atoms with Crippen LogP contribution in [0.15, 0.2) is 24.3 Å². The Morgan fingerprint density at radius 2 is 1.58 bits per heavy atom. The van der Waals surface area contributed by atoms with Gasteiger partial charge in [-0.15, -0.1) is 0 Å². The first-order chi connectivity index (χ1) is 10.8. The van der Waals surface area contributed by atoms with Crippen molar-refractivity contribution in [3.05, 3.63) is 35.4 Å². The molecule has 0 heterocycles. The van der Waals surface area contributed by atoms with Gasteiger partial charge in [0.25, 0.3) is 0 Å². The summed E-state index contributed by atoms with van der Waals surface area (Å²) in [6.45, 7) is 6.83. The highest BCUT2D eigenvalue weighted by atomic mass is 19.4. The van der Waals surface area contributed by atoms with Crippen molar-refractivity contribution < 1.29 is 22.7 Å². The summed E-state index contributed by atoms with van der Waals surface area (Å²) in [6.07, 6.45) is -4.35. The number of hydrogen-bond acceptors (Lipinski definition) is 3. The van der Waals surface area contributed by atoms with Crippen LogP contribution in [-0.2, 0) is 22.4 Å². The van der Waals surface area contributed by atoms with Crippen LogP contribution in [0.25, 0.3) is 0 Å². The monoisotopic (exact) mass is 345 g/mol. The number of nitrogens with two attached hydrogens (primary N) is 1. The van der Waals surface area contributed by atoms with Crippen LogP contribution in [0.1, 0.15) is 51.7 Å². The molecule has 1 rings (SSSR count). The van der Waals surface area contributed by atoms with Crippen LogP contribution in [0.2, 0.25) is 0 Å². The summed E-state index contributed by atoms with van der Waals surface area (Å²) >= 11 is 0. The number of carbonyl (C=O) groups is 1. The van der Waals surface area contributed by atoms with E-state index in [1.165, 1.54) is 0 Å². The van der Waals surface area contributed by atoms with Gasteiger partial charge in [-0.05, 0) is 38.3 Å². The van der Waals surface area contributed by atoms with Gasteiger partial charge in [-0.1, -0.05) is 37.6 Å². The fourth-order valence-electron chi connectivity index (χ4n) is 2.42. The highest BCUT2D eigenvalue weighted by Crippen LogP contribution is 2.30. The molecule has 136 valence electrons. The second-order valence-corrected chi connectivity index (χ2v) is 7.19. The van der Waals surface area contributed by atoms with Crippen LogP contribution < -0.4 is 5.73 Å². The maximum Gasteiger partial charge on any atom is 0.391 e. The van der Waals surface area contributed by atoms with Crippen molar-refractivity contribution in [2.45, 2.75) is 70.7 Å². The molecule has 0 saturated heterocycles. The average Bonchev–Trinajstić information content (AvgIpc) is 2.37. The van der Waals surface area contributed by atoms with Crippen LogP contribution in [0.4, 0.5) is 13.2 Å². The highest BCUT2D eigenvalue weighted by Gasteiger charge is 2.47. The van der Waals surface area contributed by atoms with E-state index in [4.69, 9.17) is 10.5 Å². The molecule has 2 N–H and O–H groups in total. The van der Waals surface area contributed by atoms with Crippen LogP contribution in [0.3, 0.4) is 0 Å². The molecular weight excluding hydrogens is 319 g/mol. The van der Waals surface area contributed by atoms with Crippen molar-refractivity contribution >= 4 is 5.97 Å². The zero-order valence-electron chi connectivity index (χ0n) is 14.7. The molecule has 0 spiro atoms. The Balaban J connectivity index is 3.02. The smallest absolute Gasteiger partial charge is 0.391 e. The quantitative estimate of drug-likeness (QED) is 0.787. The molecule has 0 aromatic heterocycles. The summed E-state index contributed by atoms with van der Waals surface area (Å²) in [5.74, 6) is -1.04. The van der Waals surface area contributed by atoms with E-state index in [1.807, 2.05) is 19.1 Å². The molecule has 24 heavy (non-hydrogen) atoms. The molecule has 0 amide bonds. The lowest BCUT2D eigenvalue weighted by Crippen LogP contribution is -2.55. The fourth-order valence-corrected chi connectivity index (χ4v) is 2.42. The predicted octanol–water partition coefficient (Wildman–Crippen LogP) is 4.17. The second kappa shape index (κ2) is 7.55. The SMILES string of the molecule is CCCc1ccc(C[C@@](N)(CC(F)(F)F)C(=O)OC(C)(C)C)cc1. The third-order valence-electron chi connectivity index (χ3n) is 3.40. The van der Waals surface area contributed by atoms with Gasteiger partial charge in [0.15, 0.2) is 0 Å². The van der Waals surface area contributed by atoms with Gasteiger partial charge in [0, 0.05) is 6.42 Å². The normalized spacial score (nSPS) is 15.0. The molecule has 0 unspecified atom stereocenters. The average molecular weight is 345 g/mol. The minimum Gasteiger partial charge on any atom is -0.459 e. The topological polar surface area (TPSA) is 52.3 Å². The standard InChI is InChI=1S/C18H26F3NO2/c1-5-6-13-7-9-14(10-8-13)11-17(22,12-18(19,20)21)15(23)24-16(2,3)4/h7-10H,5-6,11-12,22H2,1-4H3/t17-/m1/s1. The van der Waals surface area contributed by atoms with Crippen LogP contribution in [0.5, 0.6) is 0 Å². The Bertz CT molecular complexity index is 547. The number of benzene rings is 1. The van der Waals surface area contributed by atoms with E-state index in [0.717, 1.165) is 18.4 Å². The number of hydrogen-bond donors (Lipinski definition) is 1. The molecule has 0 aliphatic rings. The zero-order valence-corrected chi connectivity index (χ0v) is 14.7. The first-order valence-electron chi connectivity index (χ1n) is 8.01. The van der Waals surface area contributed by atoms with E-state index < -0.39 is 29.7 Å². The summed E-state index contributed by atoms with van der Waals surface area (Å²) < 4.78 is 43.9. The van der Waals surface area contributed by atoms with Crippen molar-refractivity contribution in [3.63, 3.8) is 0 Å². The molecule has 0 aliphatic carbocycles. The van der Waals surface area contributed by atoms with Gasteiger partial charge in [-0.25, -0.2) is 0 Å². The van der Waals surface area contributed by atoms with Gasteiger partial charge < -0.3 is 10.5 Å². The zero-order chi connectivity index (χ0) is 18.6. The lowest BCUT2D eigenvalue weighted by atomic mass is 9.87. The lowest BCUT2D eigenvalue weighted by molar-refractivity contribution is -0.179. The van der Waals surface area contributed by atoms with Crippen molar-refractivity contribution in [3.8, 4) is 0 Å². The minimum atomic E-state index is -4.56. The summed E-state index contributed by atoms with van der Waals surface area (Å²) in [4.78, 5) is 12.3. The van der Waals surface area contributed by atoms with E-state index in [0.29, 0.717) is 5.56 Å². The van der Waals surface area contributed by atoms with Gasteiger partial charge in [0.2, 0.25) is 0 Å². The number of ether oxygens (including phenoxy) is 1. The van der Waals surface area contributed by atoms with E-state index in [1.54, 1.807) is 32.9 Å². The van der Waals surface area contributed by atoms with Crippen LogP contribution in [-0.4, -0.2) is 23.3 Å². The molecule has 6 heteroatoms. The maximum atomic E-state index is 12.9. The third-order valence-corrected chi connectivity index (χ3v) is 3.40. The van der Waals surface area contributed by atoms with Crippen molar-refractivity contribution in [1.29, 1.82) is 0 Å². The fraction of sp³-hybridized carbons (Fsp3) is 0.611.